The van der Waals surface area contributed by atoms with Crippen LogP contribution in [0.25, 0.3) is 5.52 Å². The third-order valence-corrected chi connectivity index (χ3v) is 2.55. The van der Waals surface area contributed by atoms with Crippen molar-refractivity contribution in [2.75, 3.05) is 11.9 Å². The van der Waals surface area contributed by atoms with Gasteiger partial charge in [-0.1, -0.05) is 0 Å². The molecule has 0 radical (unpaired) electrons. The predicted octanol–water partition coefficient (Wildman–Crippen LogP) is 2.18. The second kappa shape index (κ2) is 5.48. The van der Waals surface area contributed by atoms with Crippen LogP contribution in [0.2, 0.25) is 0 Å². The minimum absolute atomic E-state index is 0.221. The Morgan fingerprint density at radius 2 is 2.20 bits per heavy atom. The normalized spacial score (nSPS) is 11.6. The summed E-state index contributed by atoms with van der Waals surface area (Å²) in [5.74, 6) is 0.498. The fraction of sp³-hybridized carbons (Fsp3) is 0.500. The number of hydrogen-bond acceptors (Lipinski definition) is 5. The molecular weight excluding hydrogens is 256 g/mol. The Hall–Kier alpha value is -2.11. The molecule has 0 aromatic carbocycles. The highest BCUT2D eigenvalue weighted by molar-refractivity contribution is 5.72. The molecule has 2 aromatic rings. The largest absolute Gasteiger partial charge is 0.460 e. The Bertz CT molecular complexity index is 613. The molecule has 20 heavy (non-hydrogen) atoms. The molecule has 0 amide bonds. The zero-order valence-electron chi connectivity index (χ0n) is 12.3. The maximum absolute atomic E-state index is 11.6. The second-order valence-corrected chi connectivity index (χ2v) is 5.65. The summed E-state index contributed by atoms with van der Waals surface area (Å²) in [6.45, 7) is 7.98. The molecule has 0 spiro atoms. The second-order valence-electron chi connectivity index (χ2n) is 5.65. The number of aromatic nitrogens is 3. The molecule has 0 fully saturated rings. The monoisotopic (exact) mass is 276 g/mol. The van der Waals surface area contributed by atoms with Gasteiger partial charge in [-0.2, -0.15) is 5.10 Å². The lowest BCUT2D eigenvalue weighted by Gasteiger charge is -2.19. The van der Waals surface area contributed by atoms with E-state index in [-0.39, 0.29) is 5.97 Å². The highest BCUT2D eigenvalue weighted by atomic mass is 16.6. The summed E-state index contributed by atoms with van der Waals surface area (Å²) in [7, 11) is 0. The number of aryl methyl sites for hydroxylation is 1. The first-order valence-electron chi connectivity index (χ1n) is 6.62. The van der Waals surface area contributed by atoms with Crippen LogP contribution in [0.5, 0.6) is 0 Å². The van der Waals surface area contributed by atoms with Crippen LogP contribution >= 0.6 is 0 Å². The molecule has 6 heteroatoms. The van der Waals surface area contributed by atoms with E-state index < -0.39 is 5.60 Å². The number of rotatable bonds is 4. The Morgan fingerprint density at radius 1 is 1.45 bits per heavy atom. The summed E-state index contributed by atoms with van der Waals surface area (Å²) < 4.78 is 7.01. The summed E-state index contributed by atoms with van der Waals surface area (Å²) >= 11 is 0. The SMILES string of the molecule is Cc1cc2c(NCCC(=O)OC(C)(C)C)nccn2n1. The molecule has 0 saturated carbocycles. The van der Waals surface area contributed by atoms with Crippen molar-refractivity contribution in [1.29, 1.82) is 0 Å². The zero-order valence-corrected chi connectivity index (χ0v) is 12.3. The van der Waals surface area contributed by atoms with Crippen LogP contribution in [-0.4, -0.2) is 32.7 Å². The molecule has 0 aliphatic carbocycles. The summed E-state index contributed by atoms with van der Waals surface area (Å²) in [5, 5.41) is 7.46. The highest BCUT2D eigenvalue weighted by Gasteiger charge is 2.15. The van der Waals surface area contributed by atoms with Gasteiger partial charge in [0.1, 0.15) is 11.1 Å². The van der Waals surface area contributed by atoms with Gasteiger partial charge < -0.3 is 10.1 Å². The van der Waals surface area contributed by atoms with E-state index in [4.69, 9.17) is 4.74 Å². The number of nitrogens with one attached hydrogen (secondary N) is 1. The van der Waals surface area contributed by atoms with Gasteiger partial charge in [0.25, 0.3) is 0 Å². The molecule has 2 rings (SSSR count). The lowest BCUT2D eigenvalue weighted by molar-refractivity contribution is -0.154. The number of ether oxygens (including phenoxy) is 1. The van der Waals surface area contributed by atoms with Crippen LogP contribution in [0, 0.1) is 6.92 Å². The molecule has 0 aliphatic rings. The van der Waals surface area contributed by atoms with Crippen molar-refractivity contribution in [3.8, 4) is 0 Å². The van der Waals surface area contributed by atoms with E-state index in [9.17, 15) is 4.79 Å². The van der Waals surface area contributed by atoms with Gasteiger partial charge in [-0.25, -0.2) is 9.50 Å². The number of carbonyl (C=O) groups excluding carboxylic acids is 1. The van der Waals surface area contributed by atoms with E-state index in [0.29, 0.717) is 13.0 Å². The van der Waals surface area contributed by atoms with E-state index in [1.54, 1.807) is 16.9 Å². The molecule has 2 heterocycles. The van der Waals surface area contributed by atoms with E-state index in [1.165, 1.54) is 0 Å². The van der Waals surface area contributed by atoms with Crippen molar-refractivity contribution in [3.63, 3.8) is 0 Å². The number of fused-ring (bicyclic) bond motifs is 1. The lowest BCUT2D eigenvalue weighted by Crippen LogP contribution is -2.25. The smallest absolute Gasteiger partial charge is 0.308 e. The van der Waals surface area contributed by atoms with Crippen LogP contribution in [0.4, 0.5) is 5.82 Å². The van der Waals surface area contributed by atoms with Crippen LogP contribution in [0.1, 0.15) is 32.9 Å². The molecule has 0 bridgehead atoms. The van der Waals surface area contributed by atoms with E-state index in [1.807, 2.05) is 33.8 Å². The molecule has 0 aliphatic heterocycles. The van der Waals surface area contributed by atoms with E-state index in [2.05, 4.69) is 15.4 Å². The first kappa shape index (κ1) is 14.3. The van der Waals surface area contributed by atoms with Gasteiger partial charge in [-0.15, -0.1) is 0 Å². The minimum Gasteiger partial charge on any atom is -0.460 e. The Morgan fingerprint density at radius 3 is 2.90 bits per heavy atom. The number of nitrogens with zero attached hydrogens (tertiary/aromatic N) is 3. The van der Waals surface area contributed by atoms with Gasteiger partial charge in [0.2, 0.25) is 0 Å². The average molecular weight is 276 g/mol. The number of hydrogen-bond donors (Lipinski definition) is 1. The molecule has 0 atom stereocenters. The standard InChI is InChI=1S/C14H20N4O2/c1-10-9-11-13(16-7-8-18(11)17-10)15-6-5-12(19)20-14(2,3)4/h7-9H,5-6H2,1-4H3,(H,15,16). The summed E-state index contributed by atoms with van der Waals surface area (Å²) in [4.78, 5) is 15.9. The van der Waals surface area contributed by atoms with Crippen molar-refractivity contribution in [2.45, 2.75) is 39.7 Å². The fourth-order valence-electron chi connectivity index (χ4n) is 1.86. The number of carbonyl (C=O) groups is 1. The number of anilines is 1. The van der Waals surface area contributed by atoms with Gasteiger partial charge in [-0.05, 0) is 33.8 Å². The van der Waals surface area contributed by atoms with Crippen molar-refractivity contribution in [3.05, 3.63) is 24.2 Å². The summed E-state index contributed by atoms with van der Waals surface area (Å²) in [6.07, 6.45) is 3.77. The Kier molecular flexibility index (Phi) is 3.92. The quantitative estimate of drug-likeness (QED) is 0.867. The molecular formula is C14H20N4O2. The van der Waals surface area contributed by atoms with Crippen LogP contribution < -0.4 is 5.32 Å². The van der Waals surface area contributed by atoms with Gasteiger partial charge in [0.05, 0.1) is 12.1 Å². The van der Waals surface area contributed by atoms with Gasteiger partial charge >= 0.3 is 5.97 Å². The van der Waals surface area contributed by atoms with Gasteiger partial charge in [0, 0.05) is 18.9 Å². The molecule has 0 saturated heterocycles. The maximum atomic E-state index is 11.6. The lowest BCUT2D eigenvalue weighted by atomic mass is 10.2. The maximum Gasteiger partial charge on any atom is 0.308 e. The average Bonchev–Trinajstić information content (AvgIpc) is 2.67. The molecule has 0 unspecified atom stereocenters. The Labute approximate surface area is 118 Å². The van der Waals surface area contributed by atoms with Crippen LogP contribution in [-0.2, 0) is 9.53 Å². The van der Waals surface area contributed by atoms with E-state index >= 15 is 0 Å². The topological polar surface area (TPSA) is 68.5 Å². The zero-order chi connectivity index (χ0) is 14.8. The number of esters is 1. The third kappa shape index (κ3) is 3.69. The summed E-state index contributed by atoms with van der Waals surface area (Å²) in [6, 6.07) is 1.95. The summed E-state index contributed by atoms with van der Waals surface area (Å²) in [5.41, 5.74) is 1.38. The molecule has 108 valence electrons. The van der Waals surface area contributed by atoms with Crippen molar-refractivity contribution >= 4 is 17.3 Å². The molecule has 1 N–H and O–H groups in total. The highest BCUT2D eigenvalue weighted by Crippen LogP contribution is 2.14. The third-order valence-electron chi connectivity index (χ3n) is 2.55. The van der Waals surface area contributed by atoms with Gasteiger partial charge in [0.15, 0.2) is 5.82 Å². The van der Waals surface area contributed by atoms with Crippen molar-refractivity contribution < 1.29 is 9.53 Å². The van der Waals surface area contributed by atoms with E-state index in [0.717, 1.165) is 17.0 Å². The minimum atomic E-state index is -0.447. The van der Waals surface area contributed by atoms with Gasteiger partial charge in [-0.3, -0.25) is 4.79 Å². The first-order valence-corrected chi connectivity index (χ1v) is 6.62. The van der Waals surface area contributed by atoms with Crippen molar-refractivity contribution in [1.82, 2.24) is 14.6 Å². The predicted molar refractivity (Wildman–Crippen MR) is 76.7 cm³/mol. The first-order chi connectivity index (χ1) is 9.35. The Balaban J connectivity index is 1.95. The van der Waals surface area contributed by atoms with Crippen LogP contribution in [0.15, 0.2) is 18.5 Å². The van der Waals surface area contributed by atoms with Crippen molar-refractivity contribution in [2.24, 2.45) is 0 Å². The fourth-order valence-corrected chi connectivity index (χ4v) is 1.86. The molecule has 6 nitrogen and oxygen atoms in total. The van der Waals surface area contributed by atoms with Crippen LogP contribution in [0.3, 0.4) is 0 Å². The molecule has 2 aromatic heterocycles.